The third-order valence-corrected chi connectivity index (χ3v) is 3.66. The van der Waals surface area contributed by atoms with E-state index in [1.165, 1.54) is 11.6 Å². The molecule has 3 heteroatoms. The van der Waals surface area contributed by atoms with Gasteiger partial charge in [0.15, 0.2) is 0 Å². The maximum Gasteiger partial charge on any atom is 0.129 e. The van der Waals surface area contributed by atoms with Crippen LogP contribution in [0.2, 0.25) is 0 Å². The van der Waals surface area contributed by atoms with Gasteiger partial charge in [0, 0.05) is 25.2 Å². The Morgan fingerprint density at radius 2 is 1.94 bits per heavy atom. The zero-order valence-electron chi connectivity index (χ0n) is 10.8. The minimum atomic E-state index is -0.516. The number of hydrogen-bond acceptors (Lipinski definition) is 1. The van der Waals surface area contributed by atoms with Gasteiger partial charge in [-0.25, -0.2) is 8.78 Å². The van der Waals surface area contributed by atoms with Gasteiger partial charge >= 0.3 is 0 Å². The lowest BCUT2D eigenvalue weighted by Gasteiger charge is -2.33. The van der Waals surface area contributed by atoms with Crippen molar-refractivity contribution in [1.29, 1.82) is 0 Å². The Balaban J connectivity index is 1.98. The van der Waals surface area contributed by atoms with E-state index < -0.39 is 11.6 Å². The molecule has 1 aliphatic rings. The maximum absolute atomic E-state index is 13.6. The van der Waals surface area contributed by atoms with Gasteiger partial charge in [-0.3, -0.25) is 4.90 Å². The average Bonchev–Trinajstić information content (AvgIpc) is 2.33. The second kappa shape index (κ2) is 5.61. The van der Waals surface area contributed by atoms with Crippen molar-refractivity contribution in [2.75, 3.05) is 13.1 Å². The van der Waals surface area contributed by atoms with E-state index in [0.29, 0.717) is 12.0 Å². The molecule has 1 atom stereocenters. The molecule has 0 aromatic heterocycles. The van der Waals surface area contributed by atoms with E-state index in [1.807, 2.05) is 0 Å². The van der Waals surface area contributed by atoms with Crippen molar-refractivity contribution in [3.8, 4) is 0 Å². The molecular formula is C15H19F2N. The third kappa shape index (κ3) is 3.16. The summed E-state index contributed by atoms with van der Waals surface area (Å²) in [6, 6.07) is 4.10. The van der Waals surface area contributed by atoms with Crippen molar-refractivity contribution in [3.63, 3.8) is 0 Å². The smallest absolute Gasteiger partial charge is 0.129 e. The lowest BCUT2D eigenvalue weighted by atomic mass is 10.0. The Hall–Kier alpha value is -1.22. The zero-order valence-corrected chi connectivity index (χ0v) is 10.8. The second-order valence-electron chi connectivity index (χ2n) is 5.07. The van der Waals surface area contributed by atoms with Crippen LogP contribution in [-0.4, -0.2) is 24.0 Å². The zero-order chi connectivity index (χ0) is 13.1. The molecule has 0 amide bonds. The quantitative estimate of drug-likeness (QED) is 0.743. The van der Waals surface area contributed by atoms with Gasteiger partial charge in [-0.1, -0.05) is 18.2 Å². The molecule has 0 unspecified atom stereocenters. The van der Waals surface area contributed by atoms with Crippen LogP contribution in [0.3, 0.4) is 0 Å². The number of nitrogens with zero attached hydrogens (tertiary/aromatic N) is 1. The van der Waals surface area contributed by atoms with E-state index in [2.05, 4.69) is 18.4 Å². The van der Waals surface area contributed by atoms with Gasteiger partial charge in [0.2, 0.25) is 0 Å². The van der Waals surface area contributed by atoms with E-state index in [0.717, 1.165) is 32.0 Å². The van der Waals surface area contributed by atoms with Crippen molar-refractivity contribution < 1.29 is 8.78 Å². The highest BCUT2D eigenvalue weighted by Crippen LogP contribution is 2.19. The number of benzene rings is 1. The fourth-order valence-electron chi connectivity index (χ4n) is 2.42. The Labute approximate surface area is 107 Å². The maximum atomic E-state index is 13.6. The summed E-state index contributed by atoms with van der Waals surface area (Å²) in [5, 5.41) is 0. The first kappa shape index (κ1) is 13.2. The average molecular weight is 251 g/mol. The van der Waals surface area contributed by atoms with Crippen LogP contribution < -0.4 is 0 Å². The Kier molecular flexibility index (Phi) is 4.12. The van der Waals surface area contributed by atoms with Crippen LogP contribution >= 0.6 is 0 Å². The summed E-state index contributed by atoms with van der Waals surface area (Å²) in [4.78, 5) is 2.34. The Bertz CT molecular complexity index is 432. The van der Waals surface area contributed by atoms with Gasteiger partial charge in [-0.15, -0.1) is 0 Å². The molecule has 1 fully saturated rings. The number of piperidine rings is 1. The van der Waals surface area contributed by atoms with Gasteiger partial charge in [-0.05, 0) is 37.8 Å². The van der Waals surface area contributed by atoms with E-state index in [4.69, 9.17) is 0 Å². The molecule has 98 valence electrons. The van der Waals surface area contributed by atoms with E-state index in [9.17, 15) is 8.78 Å². The summed E-state index contributed by atoms with van der Waals surface area (Å²) in [7, 11) is 0. The molecule has 1 nitrogen and oxygen atoms in total. The molecule has 0 aliphatic carbocycles. The van der Waals surface area contributed by atoms with Crippen LogP contribution in [0.4, 0.5) is 8.78 Å². The predicted molar refractivity (Wildman–Crippen MR) is 69.5 cm³/mol. The second-order valence-corrected chi connectivity index (χ2v) is 5.07. The molecule has 1 aromatic rings. The van der Waals surface area contributed by atoms with Crippen LogP contribution in [0.1, 0.15) is 25.3 Å². The van der Waals surface area contributed by atoms with Crippen molar-refractivity contribution in [1.82, 2.24) is 4.90 Å². The lowest BCUT2D eigenvalue weighted by Crippen LogP contribution is -2.39. The van der Waals surface area contributed by atoms with Gasteiger partial charge in [-0.2, -0.15) is 0 Å². The largest absolute Gasteiger partial charge is 0.300 e. The lowest BCUT2D eigenvalue weighted by molar-refractivity contribution is 0.193. The van der Waals surface area contributed by atoms with E-state index in [1.54, 1.807) is 6.07 Å². The van der Waals surface area contributed by atoms with E-state index >= 15 is 0 Å². The summed E-state index contributed by atoms with van der Waals surface area (Å²) in [6.45, 7) is 8.06. The summed E-state index contributed by atoms with van der Waals surface area (Å²) in [5.41, 5.74) is 1.89. The summed E-state index contributed by atoms with van der Waals surface area (Å²) < 4.78 is 26.4. The van der Waals surface area contributed by atoms with Crippen molar-refractivity contribution in [2.24, 2.45) is 0 Å². The SMILES string of the molecule is C=C1CCN([C@H](C)Cc2ccc(F)cc2F)CC1. The van der Waals surface area contributed by atoms with E-state index in [-0.39, 0.29) is 6.04 Å². The van der Waals surface area contributed by atoms with Crippen molar-refractivity contribution in [3.05, 3.63) is 47.5 Å². The molecule has 18 heavy (non-hydrogen) atoms. The fourth-order valence-corrected chi connectivity index (χ4v) is 2.42. The molecule has 0 N–H and O–H groups in total. The fraction of sp³-hybridized carbons (Fsp3) is 0.467. The van der Waals surface area contributed by atoms with Crippen LogP contribution in [0.15, 0.2) is 30.4 Å². The first-order valence-electron chi connectivity index (χ1n) is 6.41. The number of rotatable bonds is 3. The van der Waals surface area contributed by atoms with Gasteiger partial charge in [0.1, 0.15) is 11.6 Å². The first-order valence-corrected chi connectivity index (χ1v) is 6.41. The van der Waals surface area contributed by atoms with Gasteiger partial charge in [0.25, 0.3) is 0 Å². The molecule has 0 spiro atoms. The summed E-state index contributed by atoms with van der Waals surface area (Å²) in [6.07, 6.45) is 2.67. The summed E-state index contributed by atoms with van der Waals surface area (Å²) in [5.74, 6) is -0.957. The monoisotopic (exact) mass is 251 g/mol. The molecule has 1 aromatic carbocycles. The highest BCUT2D eigenvalue weighted by atomic mass is 19.1. The standard InChI is InChI=1S/C15H19F2N/c1-11-5-7-18(8-6-11)12(2)9-13-3-4-14(16)10-15(13)17/h3-4,10,12H,1,5-9H2,2H3/t12-/m1/s1. The topological polar surface area (TPSA) is 3.24 Å². The van der Waals surface area contributed by atoms with Gasteiger partial charge < -0.3 is 0 Å². The molecule has 0 bridgehead atoms. The minimum absolute atomic E-state index is 0.276. The normalized spacial score (nSPS) is 18.9. The minimum Gasteiger partial charge on any atom is -0.300 e. The van der Waals surface area contributed by atoms with Crippen LogP contribution in [0.25, 0.3) is 0 Å². The molecule has 1 saturated heterocycles. The number of halogens is 2. The molecule has 0 radical (unpaired) electrons. The van der Waals surface area contributed by atoms with Crippen LogP contribution in [-0.2, 0) is 6.42 Å². The van der Waals surface area contributed by atoms with Crippen LogP contribution in [0, 0.1) is 11.6 Å². The molecule has 0 saturated carbocycles. The first-order chi connectivity index (χ1) is 8.56. The highest BCUT2D eigenvalue weighted by Gasteiger charge is 2.19. The van der Waals surface area contributed by atoms with Crippen molar-refractivity contribution >= 4 is 0 Å². The molecular weight excluding hydrogens is 232 g/mol. The molecule has 1 aliphatic heterocycles. The highest BCUT2D eigenvalue weighted by molar-refractivity contribution is 5.19. The molecule has 2 rings (SSSR count). The van der Waals surface area contributed by atoms with Gasteiger partial charge in [0.05, 0.1) is 0 Å². The third-order valence-electron chi connectivity index (χ3n) is 3.66. The predicted octanol–water partition coefficient (Wildman–Crippen LogP) is 3.55. The number of hydrogen-bond donors (Lipinski definition) is 0. The number of likely N-dealkylation sites (tertiary alicyclic amines) is 1. The van der Waals surface area contributed by atoms with Crippen molar-refractivity contribution in [2.45, 2.75) is 32.2 Å². The Morgan fingerprint density at radius 1 is 1.28 bits per heavy atom. The molecule has 1 heterocycles. The summed E-state index contributed by atoms with van der Waals surface area (Å²) >= 11 is 0. The Morgan fingerprint density at radius 3 is 2.56 bits per heavy atom. The van der Waals surface area contributed by atoms with Crippen LogP contribution in [0.5, 0.6) is 0 Å².